The van der Waals surface area contributed by atoms with E-state index in [9.17, 15) is 14.7 Å². The lowest BCUT2D eigenvalue weighted by Crippen LogP contribution is -2.51. The summed E-state index contributed by atoms with van der Waals surface area (Å²) >= 11 is 0. The second-order valence-corrected chi connectivity index (χ2v) is 7.80. The van der Waals surface area contributed by atoms with E-state index in [1.165, 1.54) is 0 Å². The standard InChI is InChI=1S/C20H27N3O3/c1-14(2)12-22-10-7-15-16(5-3-6-17(15)22)19(25)23-9-4-8-20(26,13-23)11-18(21)24/h3,5-7,10,14,26H,4,8-9,11-13H2,1-2H3,(H2,21,24). The summed E-state index contributed by atoms with van der Waals surface area (Å²) in [5, 5.41) is 11.5. The monoisotopic (exact) mass is 357 g/mol. The fourth-order valence-electron chi connectivity index (χ4n) is 3.89. The maximum absolute atomic E-state index is 13.1. The molecular formula is C20H27N3O3. The summed E-state index contributed by atoms with van der Waals surface area (Å²) in [5.74, 6) is -0.147. The molecule has 2 aromatic rings. The number of benzene rings is 1. The van der Waals surface area contributed by atoms with Crippen LogP contribution in [0.2, 0.25) is 0 Å². The summed E-state index contributed by atoms with van der Waals surface area (Å²) in [4.78, 5) is 26.0. The van der Waals surface area contributed by atoms with Gasteiger partial charge in [0.05, 0.1) is 18.6 Å². The number of carbonyl (C=O) groups is 2. The van der Waals surface area contributed by atoms with Gasteiger partial charge in [-0.25, -0.2) is 0 Å². The number of rotatable bonds is 5. The lowest BCUT2D eigenvalue weighted by atomic mass is 9.89. The summed E-state index contributed by atoms with van der Waals surface area (Å²) in [6, 6.07) is 7.72. The number of hydrogen-bond acceptors (Lipinski definition) is 3. The quantitative estimate of drug-likeness (QED) is 0.859. The van der Waals surface area contributed by atoms with Crippen molar-refractivity contribution in [2.24, 2.45) is 11.7 Å². The minimum Gasteiger partial charge on any atom is -0.388 e. The first-order valence-corrected chi connectivity index (χ1v) is 9.17. The van der Waals surface area contributed by atoms with Gasteiger partial charge in [0.15, 0.2) is 0 Å². The topological polar surface area (TPSA) is 88.6 Å². The Hall–Kier alpha value is -2.34. The molecule has 140 valence electrons. The molecule has 1 unspecified atom stereocenters. The zero-order chi connectivity index (χ0) is 18.9. The minimum absolute atomic E-state index is 0.111. The molecule has 6 heteroatoms. The van der Waals surface area contributed by atoms with E-state index in [1.807, 2.05) is 30.5 Å². The van der Waals surface area contributed by atoms with E-state index in [4.69, 9.17) is 5.73 Å². The molecule has 6 nitrogen and oxygen atoms in total. The lowest BCUT2D eigenvalue weighted by molar-refractivity contribution is -0.125. The zero-order valence-electron chi connectivity index (χ0n) is 15.4. The van der Waals surface area contributed by atoms with Crippen molar-refractivity contribution in [1.29, 1.82) is 0 Å². The molecule has 0 bridgehead atoms. The zero-order valence-corrected chi connectivity index (χ0v) is 15.4. The minimum atomic E-state index is -1.22. The van der Waals surface area contributed by atoms with Crippen LogP contribution in [-0.4, -0.2) is 45.1 Å². The maximum Gasteiger partial charge on any atom is 0.254 e. The predicted molar refractivity (Wildman–Crippen MR) is 101 cm³/mol. The van der Waals surface area contributed by atoms with Gasteiger partial charge in [-0.05, 0) is 37.0 Å². The van der Waals surface area contributed by atoms with Crippen molar-refractivity contribution in [3.05, 3.63) is 36.0 Å². The normalized spacial score (nSPS) is 20.7. The van der Waals surface area contributed by atoms with Crippen LogP contribution in [0.5, 0.6) is 0 Å². The second kappa shape index (κ2) is 7.11. The molecule has 3 N–H and O–H groups in total. The Morgan fingerprint density at radius 2 is 2.08 bits per heavy atom. The molecule has 2 amide bonds. The number of aromatic nitrogens is 1. The molecule has 1 aromatic carbocycles. The number of likely N-dealkylation sites (tertiary alicyclic amines) is 1. The molecule has 0 saturated carbocycles. The number of primary amides is 1. The van der Waals surface area contributed by atoms with E-state index in [2.05, 4.69) is 18.4 Å². The number of piperidine rings is 1. The summed E-state index contributed by atoms with van der Waals surface area (Å²) in [6.07, 6.45) is 3.03. The molecule has 1 aliphatic heterocycles. The van der Waals surface area contributed by atoms with Gasteiger partial charge in [0.1, 0.15) is 0 Å². The highest BCUT2D eigenvalue weighted by atomic mass is 16.3. The smallest absolute Gasteiger partial charge is 0.254 e. The number of nitrogens with two attached hydrogens (primary N) is 1. The highest BCUT2D eigenvalue weighted by Crippen LogP contribution is 2.28. The van der Waals surface area contributed by atoms with E-state index in [-0.39, 0.29) is 18.9 Å². The maximum atomic E-state index is 13.1. The van der Waals surface area contributed by atoms with E-state index in [0.29, 0.717) is 30.9 Å². The van der Waals surface area contributed by atoms with Gasteiger partial charge in [0.25, 0.3) is 5.91 Å². The van der Waals surface area contributed by atoms with Crippen molar-refractivity contribution >= 4 is 22.7 Å². The fourth-order valence-corrected chi connectivity index (χ4v) is 3.89. The van der Waals surface area contributed by atoms with Crippen molar-refractivity contribution in [3.8, 4) is 0 Å². The Labute approximate surface area is 153 Å². The molecule has 1 saturated heterocycles. The largest absolute Gasteiger partial charge is 0.388 e. The van der Waals surface area contributed by atoms with Gasteiger partial charge >= 0.3 is 0 Å². The Balaban J connectivity index is 1.88. The van der Waals surface area contributed by atoms with Crippen LogP contribution >= 0.6 is 0 Å². The third kappa shape index (κ3) is 3.75. The molecule has 1 aromatic heterocycles. The SMILES string of the molecule is CC(C)Cn1ccc2c(C(=O)N3CCCC(O)(CC(N)=O)C3)cccc21. The van der Waals surface area contributed by atoms with Gasteiger partial charge < -0.3 is 20.3 Å². The molecule has 26 heavy (non-hydrogen) atoms. The second-order valence-electron chi connectivity index (χ2n) is 7.80. The number of nitrogens with zero attached hydrogens (tertiary/aromatic N) is 2. The van der Waals surface area contributed by atoms with Gasteiger partial charge in [0.2, 0.25) is 5.91 Å². The molecule has 1 atom stereocenters. The summed E-state index contributed by atoms with van der Waals surface area (Å²) in [7, 11) is 0. The van der Waals surface area contributed by atoms with E-state index in [0.717, 1.165) is 17.4 Å². The molecular weight excluding hydrogens is 330 g/mol. The highest BCUT2D eigenvalue weighted by Gasteiger charge is 2.37. The number of carbonyl (C=O) groups excluding carboxylic acids is 2. The lowest BCUT2D eigenvalue weighted by Gasteiger charge is -2.38. The molecule has 0 radical (unpaired) electrons. The first kappa shape index (κ1) is 18.5. The van der Waals surface area contributed by atoms with Crippen molar-refractivity contribution in [2.75, 3.05) is 13.1 Å². The molecule has 1 fully saturated rings. The van der Waals surface area contributed by atoms with Gasteiger partial charge in [-0.1, -0.05) is 19.9 Å². The molecule has 0 aliphatic carbocycles. The Bertz CT molecular complexity index is 827. The number of aliphatic hydroxyl groups is 1. The van der Waals surface area contributed by atoms with Crippen molar-refractivity contribution in [1.82, 2.24) is 9.47 Å². The average Bonchev–Trinajstić information content (AvgIpc) is 2.95. The van der Waals surface area contributed by atoms with E-state index >= 15 is 0 Å². The van der Waals surface area contributed by atoms with Crippen molar-refractivity contribution < 1.29 is 14.7 Å². The van der Waals surface area contributed by atoms with Crippen molar-refractivity contribution in [3.63, 3.8) is 0 Å². The van der Waals surface area contributed by atoms with Crippen LogP contribution in [0.15, 0.2) is 30.5 Å². The summed E-state index contributed by atoms with van der Waals surface area (Å²) < 4.78 is 2.16. The first-order chi connectivity index (χ1) is 12.3. The van der Waals surface area contributed by atoms with E-state index < -0.39 is 11.5 Å². The number of hydrogen-bond donors (Lipinski definition) is 2. The fraction of sp³-hybridized carbons (Fsp3) is 0.500. The van der Waals surface area contributed by atoms with Gasteiger partial charge in [0, 0.05) is 35.8 Å². The van der Waals surface area contributed by atoms with Crippen LogP contribution in [0.4, 0.5) is 0 Å². The van der Waals surface area contributed by atoms with E-state index in [1.54, 1.807) is 4.90 Å². The van der Waals surface area contributed by atoms with Gasteiger partial charge in [-0.15, -0.1) is 0 Å². The van der Waals surface area contributed by atoms with Crippen LogP contribution in [0.1, 0.15) is 43.5 Å². The Morgan fingerprint density at radius 1 is 1.31 bits per heavy atom. The summed E-state index contributed by atoms with van der Waals surface area (Å²) in [6.45, 7) is 5.92. The molecule has 0 spiro atoms. The number of amides is 2. The third-order valence-electron chi connectivity index (χ3n) is 4.95. The third-order valence-corrected chi connectivity index (χ3v) is 4.95. The van der Waals surface area contributed by atoms with Gasteiger partial charge in [-0.2, -0.15) is 0 Å². The van der Waals surface area contributed by atoms with Crippen molar-refractivity contribution in [2.45, 2.75) is 45.3 Å². The van der Waals surface area contributed by atoms with Crippen LogP contribution in [-0.2, 0) is 11.3 Å². The van der Waals surface area contributed by atoms with Crippen LogP contribution in [0.25, 0.3) is 10.9 Å². The van der Waals surface area contributed by atoms with Gasteiger partial charge in [-0.3, -0.25) is 9.59 Å². The average molecular weight is 357 g/mol. The molecule has 3 rings (SSSR count). The Kier molecular flexibility index (Phi) is 5.05. The molecule has 2 heterocycles. The van der Waals surface area contributed by atoms with Crippen LogP contribution < -0.4 is 5.73 Å². The number of fused-ring (bicyclic) bond motifs is 1. The highest BCUT2D eigenvalue weighted by molar-refractivity contribution is 6.06. The number of β-amino-alcohol motifs (C(OH)–C–C–N with tert-alkyl or cyclic N) is 1. The molecule has 1 aliphatic rings. The summed E-state index contributed by atoms with van der Waals surface area (Å²) in [5.41, 5.74) is 5.70. The van der Waals surface area contributed by atoms with Crippen LogP contribution in [0.3, 0.4) is 0 Å². The predicted octanol–water partition coefficient (Wildman–Crippen LogP) is 2.14. The van der Waals surface area contributed by atoms with Crippen LogP contribution in [0, 0.1) is 5.92 Å². The first-order valence-electron chi connectivity index (χ1n) is 9.17. The Morgan fingerprint density at radius 3 is 2.77 bits per heavy atom.